The molecule has 21 heavy (non-hydrogen) atoms. The molecular formula is C18H27BrO2. The summed E-state index contributed by atoms with van der Waals surface area (Å²) in [4.78, 5) is 11.5. The minimum absolute atomic E-state index is 0.102. The molecular weight excluding hydrogens is 328 g/mol. The number of rotatable bonds is 12. The second kappa shape index (κ2) is 11.8. The van der Waals surface area contributed by atoms with Crippen LogP contribution < -0.4 is 4.74 Å². The van der Waals surface area contributed by atoms with Gasteiger partial charge in [-0.3, -0.25) is 4.79 Å². The lowest BCUT2D eigenvalue weighted by Crippen LogP contribution is -2.01. The largest absolute Gasteiger partial charge is 0.494 e. The molecule has 118 valence electrons. The van der Waals surface area contributed by atoms with Gasteiger partial charge in [-0.1, -0.05) is 67.8 Å². The summed E-state index contributed by atoms with van der Waals surface area (Å²) >= 11 is 3.17. The summed E-state index contributed by atoms with van der Waals surface area (Å²) in [6.45, 7) is 3.01. The van der Waals surface area contributed by atoms with Crippen LogP contribution in [0.3, 0.4) is 0 Å². The van der Waals surface area contributed by atoms with Gasteiger partial charge in [-0.2, -0.15) is 0 Å². The van der Waals surface area contributed by atoms with E-state index in [1.165, 1.54) is 44.9 Å². The summed E-state index contributed by atoms with van der Waals surface area (Å²) in [5.41, 5.74) is 0.728. The smallest absolute Gasteiger partial charge is 0.173 e. The van der Waals surface area contributed by atoms with Gasteiger partial charge in [0.25, 0.3) is 0 Å². The van der Waals surface area contributed by atoms with Crippen molar-refractivity contribution in [3.63, 3.8) is 0 Å². The number of ketones is 1. The Kier molecular flexibility index (Phi) is 10.2. The molecule has 3 heteroatoms. The summed E-state index contributed by atoms with van der Waals surface area (Å²) in [5.74, 6) is 0.952. The highest BCUT2D eigenvalue weighted by atomic mass is 79.9. The maximum atomic E-state index is 11.5. The number of carbonyl (C=O) groups is 1. The topological polar surface area (TPSA) is 26.3 Å². The molecule has 1 rings (SSSR count). The Hall–Kier alpha value is -0.830. The van der Waals surface area contributed by atoms with Gasteiger partial charge in [-0.15, -0.1) is 0 Å². The van der Waals surface area contributed by atoms with E-state index in [0.29, 0.717) is 5.33 Å². The van der Waals surface area contributed by atoms with Crippen molar-refractivity contribution in [1.29, 1.82) is 0 Å². The zero-order chi connectivity index (χ0) is 15.3. The third-order valence-corrected chi connectivity index (χ3v) is 4.07. The van der Waals surface area contributed by atoms with E-state index in [1.54, 1.807) is 0 Å². The Morgan fingerprint density at radius 2 is 1.52 bits per heavy atom. The molecule has 0 saturated carbocycles. The maximum Gasteiger partial charge on any atom is 0.173 e. The lowest BCUT2D eigenvalue weighted by molar-refractivity contribution is 0.102. The first-order valence-corrected chi connectivity index (χ1v) is 9.22. The molecule has 0 unspecified atom stereocenters. The normalized spacial score (nSPS) is 10.6. The van der Waals surface area contributed by atoms with Gasteiger partial charge in [0.1, 0.15) is 5.75 Å². The molecule has 0 fully saturated rings. The van der Waals surface area contributed by atoms with Gasteiger partial charge in [0.2, 0.25) is 0 Å². The SMILES string of the molecule is CCCCCCCCCCOc1ccc(C(=O)CBr)cc1. The minimum atomic E-state index is 0.102. The molecule has 0 aromatic heterocycles. The van der Waals surface area contributed by atoms with Crippen LogP contribution in [-0.2, 0) is 0 Å². The van der Waals surface area contributed by atoms with Crippen LogP contribution in [0.15, 0.2) is 24.3 Å². The molecule has 0 amide bonds. The van der Waals surface area contributed by atoms with Crippen molar-refractivity contribution in [2.45, 2.75) is 58.3 Å². The van der Waals surface area contributed by atoms with Crippen molar-refractivity contribution in [1.82, 2.24) is 0 Å². The molecule has 0 atom stereocenters. The molecule has 0 radical (unpaired) electrons. The Morgan fingerprint density at radius 3 is 2.10 bits per heavy atom. The molecule has 0 spiro atoms. The number of unbranched alkanes of at least 4 members (excludes halogenated alkanes) is 7. The number of hydrogen-bond acceptors (Lipinski definition) is 2. The molecule has 0 aliphatic rings. The van der Waals surface area contributed by atoms with Crippen LogP contribution in [0, 0.1) is 0 Å². The van der Waals surface area contributed by atoms with Crippen molar-refractivity contribution in [2.75, 3.05) is 11.9 Å². The van der Waals surface area contributed by atoms with Crippen LogP contribution >= 0.6 is 15.9 Å². The zero-order valence-corrected chi connectivity index (χ0v) is 14.7. The van der Waals surface area contributed by atoms with E-state index in [1.807, 2.05) is 24.3 Å². The summed E-state index contributed by atoms with van der Waals surface area (Å²) < 4.78 is 5.70. The number of halogens is 1. The number of hydrogen-bond donors (Lipinski definition) is 0. The molecule has 0 bridgehead atoms. The molecule has 0 aliphatic heterocycles. The van der Waals surface area contributed by atoms with Crippen LogP contribution in [0.2, 0.25) is 0 Å². The van der Waals surface area contributed by atoms with Gasteiger partial charge in [-0.05, 0) is 30.7 Å². The monoisotopic (exact) mass is 354 g/mol. The van der Waals surface area contributed by atoms with Gasteiger partial charge in [-0.25, -0.2) is 0 Å². The predicted octanol–water partition coefficient (Wildman–Crippen LogP) is 5.78. The molecule has 0 heterocycles. The number of alkyl halides is 1. The fraction of sp³-hybridized carbons (Fsp3) is 0.611. The van der Waals surface area contributed by atoms with E-state index < -0.39 is 0 Å². The van der Waals surface area contributed by atoms with Gasteiger partial charge in [0, 0.05) is 5.56 Å². The van der Waals surface area contributed by atoms with Crippen molar-refractivity contribution in [2.24, 2.45) is 0 Å². The summed E-state index contributed by atoms with van der Waals surface area (Å²) in [7, 11) is 0. The summed E-state index contributed by atoms with van der Waals surface area (Å²) in [6.07, 6.45) is 10.5. The lowest BCUT2D eigenvalue weighted by atomic mass is 10.1. The van der Waals surface area contributed by atoms with Crippen LogP contribution in [0.25, 0.3) is 0 Å². The highest BCUT2D eigenvalue weighted by Gasteiger charge is 2.03. The van der Waals surface area contributed by atoms with Gasteiger partial charge in [0.15, 0.2) is 5.78 Å². The molecule has 2 nitrogen and oxygen atoms in total. The number of Topliss-reactive ketones (excluding diaryl/α,β-unsaturated/α-hetero) is 1. The van der Waals surface area contributed by atoms with Crippen molar-refractivity contribution in [3.05, 3.63) is 29.8 Å². The van der Waals surface area contributed by atoms with Gasteiger partial charge in [0.05, 0.1) is 11.9 Å². The first kappa shape index (κ1) is 18.2. The first-order valence-electron chi connectivity index (χ1n) is 8.10. The molecule has 0 N–H and O–H groups in total. The minimum Gasteiger partial charge on any atom is -0.494 e. The number of benzene rings is 1. The average Bonchev–Trinajstić information content (AvgIpc) is 2.53. The fourth-order valence-corrected chi connectivity index (χ4v) is 2.56. The van der Waals surface area contributed by atoms with Crippen molar-refractivity contribution >= 4 is 21.7 Å². The number of ether oxygens (including phenoxy) is 1. The Labute approximate surface area is 137 Å². The highest BCUT2D eigenvalue weighted by molar-refractivity contribution is 9.09. The molecule has 1 aromatic carbocycles. The summed E-state index contributed by atoms with van der Waals surface area (Å²) in [6, 6.07) is 7.40. The molecule has 1 aromatic rings. The van der Waals surface area contributed by atoms with E-state index in [4.69, 9.17) is 4.74 Å². The average molecular weight is 355 g/mol. The standard InChI is InChI=1S/C18H27BrO2/c1-2-3-4-5-6-7-8-9-14-21-17-12-10-16(11-13-17)18(20)15-19/h10-13H,2-9,14-15H2,1H3. The van der Waals surface area contributed by atoms with Crippen LogP contribution in [0.5, 0.6) is 5.75 Å². The molecule has 0 aliphatic carbocycles. The quantitative estimate of drug-likeness (QED) is 0.270. The lowest BCUT2D eigenvalue weighted by Gasteiger charge is -2.07. The highest BCUT2D eigenvalue weighted by Crippen LogP contribution is 2.14. The van der Waals surface area contributed by atoms with E-state index in [0.717, 1.165) is 24.3 Å². The first-order chi connectivity index (χ1) is 10.3. The van der Waals surface area contributed by atoms with Crippen LogP contribution in [-0.4, -0.2) is 17.7 Å². The Morgan fingerprint density at radius 1 is 0.952 bits per heavy atom. The van der Waals surface area contributed by atoms with Gasteiger partial charge >= 0.3 is 0 Å². The fourth-order valence-electron chi connectivity index (χ4n) is 2.24. The van der Waals surface area contributed by atoms with E-state index in [-0.39, 0.29) is 5.78 Å². The zero-order valence-electron chi connectivity index (χ0n) is 13.1. The van der Waals surface area contributed by atoms with Crippen molar-refractivity contribution < 1.29 is 9.53 Å². The number of carbonyl (C=O) groups excluding carboxylic acids is 1. The van der Waals surface area contributed by atoms with E-state index in [9.17, 15) is 4.79 Å². The Bertz CT molecular complexity index is 387. The second-order valence-corrected chi connectivity index (χ2v) is 5.97. The van der Waals surface area contributed by atoms with Crippen LogP contribution in [0.4, 0.5) is 0 Å². The Balaban J connectivity index is 2.06. The molecule has 0 saturated heterocycles. The van der Waals surface area contributed by atoms with Gasteiger partial charge < -0.3 is 4.74 Å². The van der Waals surface area contributed by atoms with Crippen molar-refractivity contribution in [3.8, 4) is 5.75 Å². The predicted molar refractivity (Wildman–Crippen MR) is 92.7 cm³/mol. The third-order valence-electron chi connectivity index (χ3n) is 3.56. The summed E-state index contributed by atoms with van der Waals surface area (Å²) in [5, 5.41) is 0.367. The third kappa shape index (κ3) is 8.25. The second-order valence-electron chi connectivity index (χ2n) is 5.40. The van der Waals surface area contributed by atoms with E-state index >= 15 is 0 Å². The van der Waals surface area contributed by atoms with Crippen LogP contribution in [0.1, 0.15) is 68.6 Å². The maximum absolute atomic E-state index is 11.5. The van der Waals surface area contributed by atoms with E-state index in [2.05, 4.69) is 22.9 Å².